The van der Waals surface area contributed by atoms with Crippen molar-refractivity contribution >= 4 is 61.1 Å². The number of unbranched alkanes of at least 4 members (excludes halogenated alkanes) is 20. The van der Waals surface area contributed by atoms with E-state index in [0.29, 0.717) is 0 Å². The van der Waals surface area contributed by atoms with Gasteiger partial charge in [-0.25, -0.2) is 0 Å². The summed E-state index contributed by atoms with van der Waals surface area (Å²) in [6.45, 7) is 9.73. The average Bonchev–Trinajstić information content (AvgIpc) is 2.95. The van der Waals surface area contributed by atoms with Crippen LogP contribution in [0.4, 0.5) is 0 Å². The smallest absolute Gasteiger partial charge is 0.756 e. The molecule has 0 fully saturated rings. The van der Waals surface area contributed by atoms with Gasteiger partial charge in [0.15, 0.2) is 0 Å². The van der Waals surface area contributed by atoms with Gasteiger partial charge in [0.2, 0.25) is 0 Å². The molecule has 0 aliphatic carbocycles. The first-order valence-electron chi connectivity index (χ1n) is 17.4. The van der Waals surface area contributed by atoms with Crippen molar-refractivity contribution in [2.75, 3.05) is 26.4 Å². The van der Waals surface area contributed by atoms with Crippen LogP contribution < -0.4 is 9.79 Å². The molecule has 0 unspecified atom stereocenters. The van der Waals surface area contributed by atoms with Crippen molar-refractivity contribution < 1.29 is 37.0 Å². The molecule has 0 atom stereocenters. The molecule has 0 saturated heterocycles. The van der Waals surface area contributed by atoms with Gasteiger partial charge in [-0.15, -0.1) is 0 Å². The third-order valence-electron chi connectivity index (χ3n) is 6.99. The summed E-state index contributed by atoms with van der Waals surface area (Å²) in [5.41, 5.74) is 0. The van der Waals surface area contributed by atoms with Gasteiger partial charge in [0.1, 0.15) is 0 Å². The Morgan fingerprint density at radius 3 is 0.698 bits per heavy atom. The summed E-state index contributed by atoms with van der Waals surface area (Å²) in [6, 6.07) is 0. The van der Waals surface area contributed by atoms with Gasteiger partial charge in [-0.3, -0.25) is 9.13 Å². The molecule has 11 heteroatoms. The van der Waals surface area contributed by atoms with Crippen LogP contribution in [-0.2, 0) is 27.2 Å². The minimum Gasteiger partial charge on any atom is -0.756 e. The van der Waals surface area contributed by atoms with Crippen LogP contribution >= 0.6 is 15.6 Å². The second-order valence-electron chi connectivity index (χ2n) is 11.3. The summed E-state index contributed by atoms with van der Waals surface area (Å²) in [4.78, 5) is 23.0. The van der Waals surface area contributed by atoms with Crippen molar-refractivity contribution in [2.24, 2.45) is 0 Å². The van der Waals surface area contributed by atoms with Crippen molar-refractivity contribution in [3.63, 3.8) is 0 Å². The van der Waals surface area contributed by atoms with E-state index in [1.165, 1.54) is 77.0 Å². The third-order valence-corrected chi connectivity index (χ3v) is 8.98. The second kappa shape index (κ2) is 38.2. The quantitative estimate of drug-likeness (QED) is 0.0382. The van der Waals surface area contributed by atoms with E-state index >= 15 is 0 Å². The van der Waals surface area contributed by atoms with Gasteiger partial charge in [-0.1, -0.05) is 156 Å². The van der Waals surface area contributed by atoms with Gasteiger partial charge in [0.25, 0.3) is 15.6 Å². The zero-order valence-electron chi connectivity index (χ0n) is 28.7. The van der Waals surface area contributed by atoms with Gasteiger partial charge in [-0.2, -0.15) is 0 Å². The first-order valence-corrected chi connectivity index (χ1v) is 20.4. The van der Waals surface area contributed by atoms with Crippen LogP contribution in [0.15, 0.2) is 0 Å². The molecule has 43 heavy (non-hydrogen) atoms. The molecule has 0 amide bonds. The van der Waals surface area contributed by atoms with Crippen molar-refractivity contribution in [2.45, 2.75) is 182 Å². The number of phosphoric ester groups is 2. The number of rotatable bonds is 32. The molecule has 0 aromatic carbocycles. The molecule has 0 aromatic heterocycles. The topological polar surface area (TPSA) is 117 Å². The first-order chi connectivity index (χ1) is 20.2. The fourth-order valence-electron chi connectivity index (χ4n) is 4.31. The molecular formula is C32H68O8P2Sr. The maximum absolute atomic E-state index is 11.5. The Morgan fingerprint density at radius 2 is 0.512 bits per heavy atom. The minimum absolute atomic E-state index is 0. The Labute approximate surface area is 304 Å². The van der Waals surface area contributed by atoms with Gasteiger partial charge in [0, 0.05) is 0 Å². The van der Waals surface area contributed by atoms with Crippen molar-refractivity contribution in [3.8, 4) is 0 Å². The van der Waals surface area contributed by atoms with E-state index in [1.807, 2.05) is 0 Å². The number of hydrogen-bond acceptors (Lipinski definition) is 8. The Hall–Kier alpha value is 1.70. The van der Waals surface area contributed by atoms with Gasteiger partial charge < -0.3 is 27.9 Å². The average molecular weight is 730 g/mol. The van der Waals surface area contributed by atoms with Crippen LogP contribution in [-0.4, -0.2) is 71.9 Å². The van der Waals surface area contributed by atoms with Crippen molar-refractivity contribution in [1.82, 2.24) is 0 Å². The summed E-state index contributed by atoms with van der Waals surface area (Å²) < 4.78 is 42.4. The Kier molecular flexibility index (Phi) is 43.6. The van der Waals surface area contributed by atoms with Crippen LogP contribution in [0.5, 0.6) is 0 Å². The zero-order valence-corrected chi connectivity index (χ0v) is 33.9. The Balaban J connectivity index is -0.000000727. The van der Waals surface area contributed by atoms with E-state index in [0.717, 1.165) is 77.0 Å². The molecule has 0 N–H and O–H groups in total. The zero-order chi connectivity index (χ0) is 31.6. The normalized spacial score (nSPS) is 11.7. The molecular weight excluding hydrogens is 662 g/mol. The largest absolute Gasteiger partial charge is 2.00 e. The molecule has 0 aliphatic heterocycles. The number of phosphoric acid groups is 2. The molecule has 0 aromatic rings. The van der Waals surface area contributed by atoms with Gasteiger partial charge in [0.05, 0.1) is 26.4 Å². The second-order valence-corrected chi connectivity index (χ2v) is 14.1. The Bertz CT molecular complexity index is 532. The van der Waals surface area contributed by atoms with E-state index in [9.17, 15) is 18.9 Å². The maximum atomic E-state index is 11.5. The third kappa shape index (κ3) is 43.7. The van der Waals surface area contributed by atoms with Crippen LogP contribution in [0.2, 0.25) is 0 Å². The SMILES string of the molecule is CCCCCCCCOP(=O)([O-])OCCCCCCCC.CCCCCCCCOP(=O)([O-])OCCCCCCCC.[Sr+2]. The predicted octanol–water partition coefficient (Wildman–Crippen LogP) is 10.0. The number of hydrogen-bond donors (Lipinski definition) is 0. The van der Waals surface area contributed by atoms with Crippen molar-refractivity contribution in [3.05, 3.63) is 0 Å². The molecule has 8 nitrogen and oxygen atoms in total. The molecule has 0 aliphatic rings. The molecule has 0 spiro atoms. The predicted molar refractivity (Wildman–Crippen MR) is 178 cm³/mol. The maximum Gasteiger partial charge on any atom is 2.00 e. The van der Waals surface area contributed by atoms with Crippen LogP contribution in [0.25, 0.3) is 0 Å². The van der Waals surface area contributed by atoms with E-state index < -0.39 is 15.6 Å². The molecule has 0 heterocycles. The Morgan fingerprint density at radius 1 is 0.349 bits per heavy atom. The summed E-state index contributed by atoms with van der Waals surface area (Å²) in [5.74, 6) is 0. The molecule has 0 bridgehead atoms. The van der Waals surface area contributed by atoms with E-state index in [2.05, 4.69) is 27.7 Å². The van der Waals surface area contributed by atoms with Gasteiger partial charge in [-0.05, 0) is 25.7 Å². The van der Waals surface area contributed by atoms with E-state index in [-0.39, 0.29) is 71.9 Å². The van der Waals surface area contributed by atoms with Crippen molar-refractivity contribution in [1.29, 1.82) is 0 Å². The van der Waals surface area contributed by atoms with Crippen LogP contribution in [0, 0.1) is 0 Å². The van der Waals surface area contributed by atoms with Gasteiger partial charge >= 0.3 is 45.5 Å². The molecule has 256 valence electrons. The monoisotopic (exact) mass is 730 g/mol. The standard InChI is InChI=1S/2C16H35O4P.Sr/c2*1-3-5-7-9-11-13-15-19-21(17,18)20-16-14-12-10-8-6-4-2;/h2*3-16H2,1-2H3,(H,17,18);/q;;+2/p-2. The van der Waals surface area contributed by atoms with E-state index in [1.54, 1.807) is 0 Å². The molecule has 0 saturated carbocycles. The first kappa shape index (κ1) is 49.1. The fourth-order valence-corrected chi connectivity index (χ4v) is 5.87. The summed E-state index contributed by atoms with van der Waals surface area (Å²) >= 11 is 0. The molecule has 0 rings (SSSR count). The summed E-state index contributed by atoms with van der Waals surface area (Å²) in [6.07, 6.45) is 26.6. The molecule has 0 radical (unpaired) electrons. The van der Waals surface area contributed by atoms with Crippen LogP contribution in [0.3, 0.4) is 0 Å². The van der Waals surface area contributed by atoms with E-state index in [4.69, 9.17) is 18.1 Å². The summed E-state index contributed by atoms with van der Waals surface area (Å²) in [5, 5.41) is 0. The fraction of sp³-hybridized carbons (Fsp3) is 1.00. The minimum atomic E-state index is -4.07. The van der Waals surface area contributed by atoms with Crippen LogP contribution in [0.1, 0.15) is 182 Å². The summed E-state index contributed by atoms with van der Waals surface area (Å²) in [7, 11) is -8.13.